The molecule has 6 heteroatoms. The van der Waals surface area contributed by atoms with Crippen LogP contribution in [0.25, 0.3) is 27.1 Å². The van der Waals surface area contributed by atoms with Crippen LogP contribution < -0.4 is 23.0 Å². The van der Waals surface area contributed by atoms with Crippen molar-refractivity contribution in [3.63, 3.8) is 0 Å². The van der Waals surface area contributed by atoms with Crippen molar-refractivity contribution < 1.29 is 33.3 Å². The highest BCUT2D eigenvalue weighted by Gasteiger charge is 2.17. The number of fused-ring (bicyclic) bond motifs is 4. The van der Waals surface area contributed by atoms with Crippen LogP contribution >= 0.6 is 0 Å². The first-order chi connectivity index (χ1) is 11.8. The average Bonchev–Trinajstić information content (AvgIpc) is 2.57. The number of nitrogens with zero attached hydrogens (tertiary/aromatic N) is 1. The summed E-state index contributed by atoms with van der Waals surface area (Å²) in [7, 11) is -4.94. The molecule has 0 radical (unpaired) electrons. The molecule has 0 N–H and O–H groups in total. The van der Waals surface area contributed by atoms with Crippen molar-refractivity contribution in [2.24, 2.45) is 0 Å². The molecule has 2 heterocycles. The van der Waals surface area contributed by atoms with Gasteiger partial charge in [0.25, 0.3) is 0 Å². The molecular weight excluding hydrogens is 342 g/mol. The molecule has 0 spiro atoms. The number of aromatic nitrogens is 1. The minimum Gasteiger partial charge on any atom is -0.222 e. The number of hydrogen-bond donors (Lipinski definition) is 0. The van der Waals surface area contributed by atoms with E-state index in [0.29, 0.717) is 0 Å². The number of aryl methyl sites for hydroxylation is 2. The fraction of sp³-hybridized carbons (Fsp3) is 0.105. The second kappa shape index (κ2) is 6.55. The van der Waals surface area contributed by atoms with E-state index in [1.54, 1.807) is 0 Å². The molecule has 2 aromatic carbocycles. The van der Waals surface area contributed by atoms with E-state index >= 15 is 0 Å². The minimum atomic E-state index is -4.94. The highest BCUT2D eigenvalue weighted by atomic mass is 35.7. The second-order valence-corrected chi connectivity index (χ2v) is 6.51. The van der Waals surface area contributed by atoms with E-state index in [0.717, 1.165) is 0 Å². The van der Waals surface area contributed by atoms with E-state index in [1.807, 2.05) is 0 Å². The predicted molar refractivity (Wildman–Crippen MR) is 84.1 cm³/mol. The van der Waals surface area contributed by atoms with Crippen LogP contribution in [-0.2, 0) is 0 Å². The number of pyridine rings is 2. The van der Waals surface area contributed by atoms with Crippen LogP contribution in [0.3, 0.4) is 0 Å². The van der Waals surface area contributed by atoms with Gasteiger partial charge in [-0.05, 0) is 29.1 Å². The fourth-order valence-corrected chi connectivity index (χ4v) is 3.27. The molecule has 0 bridgehead atoms. The van der Waals surface area contributed by atoms with Crippen LogP contribution in [0.1, 0.15) is 11.3 Å². The lowest BCUT2D eigenvalue weighted by Gasteiger charge is -2.17. The van der Waals surface area contributed by atoms with Gasteiger partial charge >= 0.3 is 0 Å². The van der Waals surface area contributed by atoms with Gasteiger partial charge in [0.05, 0.1) is 5.39 Å². The zero-order chi connectivity index (χ0) is 18.2. The third-order valence-electron chi connectivity index (χ3n) is 4.30. The lowest BCUT2D eigenvalue weighted by atomic mass is 9.97. The van der Waals surface area contributed by atoms with Gasteiger partial charge < -0.3 is 0 Å². The molecule has 5 nitrogen and oxygen atoms in total. The first-order valence-electron chi connectivity index (χ1n) is 7.60. The van der Waals surface area contributed by atoms with Crippen LogP contribution in [0.4, 0.5) is 0 Å². The van der Waals surface area contributed by atoms with E-state index in [9.17, 15) is 0 Å². The molecule has 128 valence electrons. The first-order valence-corrected chi connectivity index (χ1v) is 8.83. The highest BCUT2D eigenvalue weighted by Crippen LogP contribution is 2.29. The third-order valence-corrected chi connectivity index (χ3v) is 4.30. The summed E-state index contributed by atoms with van der Waals surface area (Å²) in [4.78, 5) is 0. The molecule has 0 aliphatic rings. The van der Waals surface area contributed by atoms with Gasteiger partial charge in [-0.3, -0.25) is 0 Å². The van der Waals surface area contributed by atoms with Crippen molar-refractivity contribution in [1.29, 1.82) is 0 Å². The molecule has 0 saturated carbocycles. The summed E-state index contributed by atoms with van der Waals surface area (Å²) in [6.45, 7) is 4.42. The number of rotatable bonds is 0. The third kappa shape index (κ3) is 3.56. The Morgan fingerprint density at radius 3 is 2.12 bits per heavy atom. The van der Waals surface area contributed by atoms with Crippen molar-refractivity contribution in [2.45, 2.75) is 13.8 Å². The molecule has 0 atom stereocenters. The molecule has 4 aromatic rings. The highest BCUT2D eigenvalue weighted by molar-refractivity contribution is 6.10. The molecule has 0 amide bonds. The Bertz CT molecular complexity index is 1070. The first kappa shape index (κ1) is 17.5. The number of benzene rings is 2. The van der Waals surface area contributed by atoms with Crippen molar-refractivity contribution >= 4 is 27.1 Å². The van der Waals surface area contributed by atoms with Gasteiger partial charge in [0.15, 0.2) is 11.9 Å². The van der Waals surface area contributed by atoms with E-state index in [4.69, 9.17) is 18.6 Å². The molecule has 4 rings (SSSR count). The Morgan fingerprint density at radius 1 is 0.760 bits per heavy atom. The largest absolute Gasteiger partial charge is 0.222 e. The van der Waals surface area contributed by atoms with E-state index < -0.39 is 10.2 Å². The Hall–Kier alpha value is -2.28. The van der Waals surface area contributed by atoms with E-state index in [2.05, 4.69) is 79.0 Å². The van der Waals surface area contributed by atoms with Crippen molar-refractivity contribution in [3.8, 4) is 0 Å². The quantitative estimate of drug-likeness (QED) is 0.243. The smallest absolute Gasteiger partial charge is 0.214 e. The van der Waals surface area contributed by atoms with Crippen molar-refractivity contribution in [3.05, 3.63) is 72.1 Å². The van der Waals surface area contributed by atoms with Gasteiger partial charge in [-0.1, -0.05) is 36.4 Å². The number of hydrogen-bond acceptors (Lipinski definition) is 4. The van der Waals surface area contributed by atoms with Gasteiger partial charge in [0.1, 0.15) is 0 Å². The maximum Gasteiger partial charge on any atom is 0.214 e. The standard InChI is InChI=1S/C19H16N.ClHO4/c1-13-16-11-10-15-7-3-4-8-17(15)19(16)14(2)20-12-6-5-9-18(13)20;2-1(3,4)5/h3-12H,1-2H3;(H,2,3,4,5)/q+1;/p-1. The van der Waals surface area contributed by atoms with Crippen LogP contribution in [0.2, 0.25) is 0 Å². The van der Waals surface area contributed by atoms with Gasteiger partial charge in [-0.25, -0.2) is 18.6 Å². The summed E-state index contributed by atoms with van der Waals surface area (Å²) in [5.41, 5.74) is 3.93. The summed E-state index contributed by atoms with van der Waals surface area (Å²) in [6, 6.07) is 19.5. The zero-order valence-electron chi connectivity index (χ0n) is 13.7. The molecule has 0 aliphatic heterocycles. The second-order valence-electron chi connectivity index (χ2n) is 5.75. The summed E-state index contributed by atoms with van der Waals surface area (Å²) in [6.07, 6.45) is 2.15. The number of halogens is 1. The van der Waals surface area contributed by atoms with Crippen molar-refractivity contribution in [2.75, 3.05) is 0 Å². The molecule has 25 heavy (non-hydrogen) atoms. The predicted octanol–water partition coefficient (Wildman–Crippen LogP) is -0.407. The Labute approximate surface area is 146 Å². The molecule has 0 saturated heterocycles. The molecule has 0 fully saturated rings. The molecular formula is C19H16ClNO4. The van der Waals surface area contributed by atoms with Crippen LogP contribution in [0, 0.1) is 24.1 Å². The van der Waals surface area contributed by atoms with Gasteiger partial charge in [0, 0.05) is 24.6 Å². The SMILES string of the molecule is Cc1c2ccc3ccccc3c2c(C)[n+]2ccccc12.[O-][Cl+3]([O-])([O-])[O-]. The monoisotopic (exact) mass is 357 g/mol. The maximum absolute atomic E-state index is 8.49. The summed E-state index contributed by atoms with van der Waals surface area (Å²) < 4.78 is 36.3. The van der Waals surface area contributed by atoms with Crippen LogP contribution in [0.5, 0.6) is 0 Å². The molecule has 0 aliphatic carbocycles. The molecule has 0 unspecified atom stereocenters. The lowest BCUT2D eigenvalue weighted by molar-refractivity contribution is -2.00. The topological polar surface area (TPSA) is 96.3 Å². The zero-order valence-corrected chi connectivity index (χ0v) is 14.5. The van der Waals surface area contributed by atoms with E-state index in [1.165, 1.54) is 38.3 Å². The fourth-order valence-electron chi connectivity index (χ4n) is 3.27. The summed E-state index contributed by atoms with van der Waals surface area (Å²) in [5.74, 6) is 0. The Morgan fingerprint density at radius 2 is 1.40 bits per heavy atom. The summed E-state index contributed by atoms with van der Waals surface area (Å²) >= 11 is 0. The average molecular weight is 358 g/mol. The molecule has 2 aromatic heterocycles. The normalized spacial score (nSPS) is 11.6. The van der Waals surface area contributed by atoms with E-state index in [-0.39, 0.29) is 0 Å². The summed E-state index contributed by atoms with van der Waals surface area (Å²) in [5, 5.41) is 5.36. The van der Waals surface area contributed by atoms with Crippen LogP contribution in [-0.4, -0.2) is 0 Å². The van der Waals surface area contributed by atoms with Crippen molar-refractivity contribution in [1.82, 2.24) is 0 Å². The minimum absolute atomic E-state index is 1.28. The van der Waals surface area contributed by atoms with Gasteiger partial charge in [-0.15, -0.1) is 10.2 Å². The van der Waals surface area contributed by atoms with Crippen LogP contribution in [0.15, 0.2) is 60.8 Å². The van der Waals surface area contributed by atoms with Gasteiger partial charge in [-0.2, -0.15) is 4.40 Å². The maximum atomic E-state index is 8.49. The Balaban J connectivity index is 0.000000324. The van der Waals surface area contributed by atoms with Gasteiger partial charge in [0.2, 0.25) is 5.52 Å². The Kier molecular flexibility index (Phi) is 4.60. The lowest BCUT2D eigenvalue weighted by Crippen LogP contribution is -2.68.